The molecule has 0 aliphatic heterocycles. The van der Waals surface area contributed by atoms with E-state index in [1.807, 2.05) is 10.8 Å². The molecule has 0 atom stereocenters. The molecular weight excluding hydrogens is 128 g/mol. The monoisotopic (exact) mass is 140 g/mol. The Kier molecular flexibility index (Phi) is 2.06. The lowest BCUT2D eigenvalue weighted by Gasteiger charge is -2.03. The van der Waals surface area contributed by atoms with Crippen LogP contribution in [0.5, 0.6) is 0 Å². The SMILES string of the molecule is CC(C)n1cnc(CO)c1. The summed E-state index contributed by atoms with van der Waals surface area (Å²) in [7, 11) is 0. The van der Waals surface area contributed by atoms with Crippen LogP contribution in [0.25, 0.3) is 0 Å². The maximum Gasteiger partial charge on any atom is 0.0952 e. The Hall–Kier alpha value is -0.830. The fourth-order valence-corrected chi connectivity index (χ4v) is 0.744. The summed E-state index contributed by atoms with van der Waals surface area (Å²) in [4.78, 5) is 3.97. The summed E-state index contributed by atoms with van der Waals surface area (Å²) >= 11 is 0. The van der Waals surface area contributed by atoms with Crippen molar-refractivity contribution in [2.45, 2.75) is 26.5 Å². The highest BCUT2D eigenvalue weighted by Crippen LogP contribution is 2.04. The molecule has 1 aromatic rings. The summed E-state index contributed by atoms with van der Waals surface area (Å²) in [5.74, 6) is 0. The molecule has 1 N–H and O–H groups in total. The van der Waals surface area contributed by atoms with Crippen LogP contribution < -0.4 is 0 Å². The maximum absolute atomic E-state index is 8.66. The molecule has 0 aliphatic carbocycles. The first-order valence-corrected chi connectivity index (χ1v) is 3.37. The van der Waals surface area contributed by atoms with Crippen molar-refractivity contribution in [2.24, 2.45) is 0 Å². The molecule has 0 aliphatic rings. The van der Waals surface area contributed by atoms with Gasteiger partial charge in [-0.05, 0) is 13.8 Å². The molecule has 0 unspecified atom stereocenters. The van der Waals surface area contributed by atoms with Gasteiger partial charge < -0.3 is 9.67 Å². The average Bonchev–Trinajstić information content (AvgIpc) is 2.34. The molecule has 0 fully saturated rings. The summed E-state index contributed by atoms with van der Waals surface area (Å²) in [6.45, 7) is 4.17. The van der Waals surface area contributed by atoms with Crippen LogP contribution in [0, 0.1) is 0 Å². The lowest BCUT2D eigenvalue weighted by Crippen LogP contribution is -1.95. The molecule has 56 valence electrons. The van der Waals surface area contributed by atoms with Crippen molar-refractivity contribution in [3.63, 3.8) is 0 Å². The third-order valence-corrected chi connectivity index (χ3v) is 1.41. The Labute approximate surface area is 60.3 Å². The second-order valence-corrected chi connectivity index (χ2v) is 2.56. The lowest BCUT2D eigenvalue weighted by atomic mass is 10.4. The van der Waals surface area contributed by atoms with E-state index in [1.54, 1.807) is 6.33 Å². The second kappa shape index (κ2) is 2.84. The molecular formula is C7H12N2O. The number of nitrogens with zero attached hydrogens (tertiary/aromatic N) is 2. The highest BCUT2D eigenvalue weighted by atomic mass is 16.3. The Morgan fingerprint density at radius 2 is 2.40 bits per heavy atom. The summed E-state index contributed by atoms with van der Waals surface area (Å²) in [5.41, 5.74) is 0.730. The van der Waals surface area contributed by atoms with E-state index in [0.717, 1.165) is 5.69 Å². The van der Waals surface area contributed by atoms with Crippen molar-refractivity contribution >= 4 is 0 Å². The molecule has 0 bridgehead atoms. The van der Waals surface area contributed by atoms with Gasteiger partial charge >= 0.3 is 0 Å². The zero-order chi connectivity index (χ0) is 7.56. The van der Waals surface area contributed by atoms with Crippen LogP contribution in [0.4, 0.5) is 0 Å². The summed E-state index contributed by atoms with van der Waals surface area (Å²) in [6, 6.07) is 0.424. The lowest BCUT2D eigenvalue weighted by molar-refractivity contribution is 0.277. The van der Waals surface area contributed by atoms with Crippen molar-refractivity contribution in [3.05, 3.63) is 18.2 Å². The quantitative estimate of drug-likeness (QED) is 0.664. The number of aromatic nitrogens is 2. The first kappa shape index (κ1) is 7.28. The van der Waals surface area contributed by atoms with Crippen LogP contribution in [0.1, 0.15) is 25.6 Å². The topological polar surface area (TPSA) is 38.0 Å². The summed E-state index contributed by atoms with van der Waals surface area (Å²) in [5, 5.41) is 8.66. The van der Waals surface area contributed by atoms with Crippen molar-refractivity contribution in [1.82, 2.24) is 9.55 Å². The zero-order valence-electron chi connectivity index (χ0n) is 6.28. The number of hydrogen-bond acceptors (Lipinski definition) is 2. The van der Waals surface area contributed by atoms with E-state index in [9.17, 15) is 0 Å². The minimum absolute atomic E-state index is 0.0275. The van der Waals surface area contributed by atoms with Gasteiger partial charge in [0.1, 0.15) is 0 Å². The molecule has 0 amide bonds. The van der Waals surface area contributed by atoms with Gasteiger partial charge in [0.2, 0.25) is 0 Å². The molecule has 3 heteroatoms. The van der Waals surface area contributed by atoms with Gasteiger partial charge in [0.15, 0.2) is 0 Å². The standard InChI is InChI=1S/C7H12N2O/c1-6(2)9-3-7(4-10)8-5-9/h3,5-6,10H,4H2,1-2H3. The highest BCUT2D eigenvalue weighted by Gasteiger charge is 1.98. The van der Waals surface area contributed by atoms with E-state index in [2.05, 4.69) is 18.8 Å². The molecule has 0 aromatic carbocycles. The zero-order valence-corrected chi connectivity index (χ0v) is 6.28. The van der Waals surface area contributed by atoms with Crippen LogP contribution in [0.15, 0.2) is 12.5 Å². The molecule has 0 radical (unpaired) electrons. The van der Waals surface area contributed by atoms with Crippen LogP contribution in [-0.2, 0) is 6.61 Å². The number of imidazole rings is 1. The van der Waals surface area contributed by atoms with Gasteiger partial charge in [0, 0.05) is 12.2 Å². The van der Waals surface area contributed by atoms with Crippen LogP contribution in [0.2, 0.25) is 0 Å². The average molecular weight is 140 g/mol. The summed E-state index contributed by atoms with van der Waals surface area (Å²) in [6.07, 6.45) is 3.58. The second-order valence-electron chi connectivity index (χ2n) is 2.56. The van der Waals surface area contributed by atoms with Crippen LogP contribution in [-0.4, -0.2) is 14.7 Å². The molecule has 0 spiro atoms. The predicted molar refractivity (Wildman–Crippen MR) is 38.5 cm³/mol. The number of aliphatic hydroxyl groups is 1. The van der Waals surface area contributed by atoms with E-state index in [0.29, 0.717) is 6.04 Å². The molecule has 0 saturated heterocycles. The van der Waals surface area contributed by atoms with E-state index in [4.69, 9.17) is 5.11 Å². The Bertz CT molecular complexity index is 205. The minimum atomic E-state index is 0.0275. The number of aliphatic hydroxyl groups excluding tert-OH is 1. The molecule has 1 aromatic heterocycles. The third kappa shape index (κ3) is 1.36. The van der Waals surface area contributed by atoms with Gasteiger partial charge in [-0.3, -0.25) is 0 Å². The van der Waals surface area contributed by atoms with Crippen LogP contribution in [0.3, 0.4) is 0 Å². The smallest absolute Gasteiger partial charge is 0.0952 e. The molecule has 1 rings (SSSR count). The fourth-order valence-electron chi connectivity index (χ4n) is 0.744. The van der Waals surface area contributed by atoms with Crippen molar-refractivity contribution in [2.75, 3.05) is 0 Å². The van der Waals surface area contributed by atoms with Crippen LogP contribution >= 0.6 is 0 Å². The van der Waals surface area contributed by atoms with Crippen molar-refractivity contribution in [3.8, 4) is 0 Å². The van der Waals surface area contributed by atoms with Gasteiger partial charge in [-0.15, -0.1) is 0 Å². The van der Waals surface area contributed by atoms with E-state index in [1.165, 1.54) is 0 Å². The molecule has 0 saturated carbocycles. The Balaban J connectivity index is 2.78. The molecule has 10 heavy (non-hydrogen) atoms. The maximum atomic E-state index is 8.66. The first-order valence-electron chi connectivity index (χ1n) is 3.37. The Morgan fingerprint density at radius 3 is 2.70 bits per heavy atom. The highest BCUT2D eigenvalue weighted by molar-refractivity contribution is 4.94. The minimum Gasteiger partial charge on any atom is -0.390 e. The van der Waals surface area contributed by atoms with Gasteiger partial charge in [-0.1, -0.05) is 0 Å². The largest absolute Gasteiger partial charge is 0.390 e. The molecule has 3 nitrogen and oxygen atoms in total. The van der Waals surface area contributed by atoms with Crippen molar-refractivity contribution < 1.29 is 5.11 Å². The van der Waals surface area contributed by atoms with E-state index < -0.39 is 0 Å². The van der Waals surface area contributed by atoms with E-state index >= 15 is 0 Å². The van der Waals surface area contributed by atoms with E-state index in [-0.39, 0.29) is 6.61 Å². The van der Waals surface area contributed by atoms with Gasteiger partial charge in [-0.2, -0.15) is 0 Å². The summed E-state index contributed by atoms with van der Waals surface area (Å²) < 4.78 is 1.96. The Morgan fingerprint density at radius 1 is 1.70 bits per heavy atom. The first-order chi connectivity index (χ1) is 4.74. The predicted octanol–water partition coefficient (Wildman–Crippen LogP) is 0.956. The van der Waals surface area contributed by atoms with Gasteiger partial charge in [0.25, 0.3) is 0 Å². The molecule has 1 heterocycles. The third-order valence-electron chi connectivity index (χ3n) is 1.41. The normalized spacial score (nSPS) is 10.8. The van der Waals surface area contributed by atoms with Crippen molar-refractivity contribution in [1.29, 1.82) is 0 Å². The fraction of sp³-hybridized carbons (Fsp3) is 0.571. The van der Waals surface area contributed by atoms with Gasteiger partial charge in [-0.25, -0.2) is 4.98 Å². The van der Waals surface area contributed by atoms with Gasteiger partial charge in [0.05, 0.1) is 18.6 Å². The number of hydrogen-bond donors (Lipinski definition) is 1. The number of rotatable bonds is 2.